The quantitative estimate of drug-likeness (QED) is 0.278. The molecule has 1 aromatic heterocycles. The number of aromatic hydroxyl groups is 1. The number of nitrogens with zero attached hydrogens (tertiary/aromatic N) is 1. The molecule has 1 saturated heterocycles. The molecule has 0 aliphatic carbocycles. The van der Waals surface area contributed by atoms with E-state index in [9.17, 15) is 19.8 Å². The second-order valence-electron chi connectivity index (χ2n) is 7.41. The summed E-state index contributed by atoms with van der Waals surface area (Å²) < 4.78 is 15.8. The van der Waals surface area contributed by atoms with Crippen molar-refractivity contribution in [3.8, 4) is 17.2 Å². The van der Waals surface area contributed by atoms with Crippen LogP contribution in [0.4, 0.5) is 0 Å². The topological polar surface area (TPSA) is 109 Å². The van der Waals surface area contributed by atoms with Gasteiger partial charge in [0.15, 0.2) is 11.5 Å². The zero-order chi connectivity index (χ0) is 24.6. The van der Waals surface area contributed by atoms with Crippen molar-refractivity contribution in [1.82, 2.24) is 4.90 Å². The summed E-state index contributed by atoms with van der Waals surface area (Å²) in [6, 6.07) is 9.48. The van der Waals surface area contributed by atoms with Crippen LogP contribution in [0.3, 0.4) is 0 Å². The van der Waals surface area contributed by atoms with Gasteiger partial charge in [-0.05, 0) is 42.0 Å². The number of carbonyl (C=O) groups is 2. The molecule has 1 aliphatic heterocycles. The number of hydrogen-bond donors (Lipinski definition) is 2. The van der Waals surface area contributed by atoms with Crippen LogP contribution >= 0.6 is 23.2 Å². The van der Waals surface area contributed by atoms with Crippen LogP contribution < -0.4 is 9.47 Å². The number of ketones is 1. The number of aliphatic hydroxyl groups excluding tert-OH is 1. The summed E-state index contributed by atoms with van der Waals surface area (Å²) in [5.41, 5.74) is 0.175. The first-order chi connectivity index (χ1) is 16.3. The number of aliphatic hydroxyl groups is 1. The summed E-state index contributed by atoms with van der Waals surface area (Å²) in [4.78, 5) is 27.5. The van der Waals surface area contributed by atoms with E-state index in [4.69, 9.17) is 37.1 Å². The van der Waals surface area contributed by atoms with Crippen molar-refractivity contribution in [2.45, 2.75) is 12.6 Å². The fourth-order valence-corrected chi connectivity index (χ4v) is 4.50. The van der Waals surface area contributed by atoms with Crippen LogP contribution in [0.15, 0.2) is 58.7 Å². The number of ether oxygens (including phenoxy) is 2. The molecule has 1 aliphatic rings. The smallest absolute Gasteiger partial charge is 0.296 e. The van der Waals surface area contributed by atoms with Gasteiger partial charge in [-0.2, -0.15) is 0 Å². The number of hydrogen-bond acceptors (Lipinski definition) is 7. The molecule has 8 nitrogen and oxygen atoms in total. The fraction of sp³-hybridized carbons (Fsp3) is 0.167. The number of Topliss-reactive ketones (excluding diaryl/α,β-unsaturated/α-hetero) is 1. The third-order valence-corrected chi connectivity index (χ3v) is 5.93. The second kappa shape index (κ2) is 9.32. The lowest BCUT2D eigenvalue weighted by Crippen LogP contribution is -2.29. The van der Waals surface area contributed by atoms with Gasteiger partial charge in [0, 0.05) is 5.02 Å². The zero-order valence-electron chi connectivity index (χ0n) is 18.0. The van der Waals surface area contributed by atoms with Gasteiger partial charge in [-0.25, -0.2) is 0 Å². The van der Waals surface area contributed by atoms with E-state index in [1.807, 2.05) is 0 Å². The Kier molecular flexibility index (Phi) is 6.45. The molecule has 2 aromatic carbocycles. The first-order valence-electron chi connectivity index (χ1n) is 9.98. The minimum atomic E-state index is -1.07. The number of benzene rings is 2. The van der Waals surface area contributed by atoms with Crippen molar-refractivity contribution >= 4 is 40.7 Å². The Bertz CT molecular complexity index is 1300. The van der Waals surface area contributed by atoms with Gasteiger partial charge in [-0.15, -0.1) is 0 Å². The maximum absolute atomic E-state index is 13.2. The molecule has 0 spiro atoms. The predicted octanol–water partition coefficient (Wildman–Crippen LogP) is 4.93. The zero-order valence-corrected chi connectivity index (χ0v) is 19.6. The Morgan fingerprint density at radius 2 is 1.88 bits per heavy atom. The van der Waals surface area contributed by atoms with E-state index in [1.54, 1.807) is 18.2 Å². The van der Waals surface area contributed by atoms with E-state index in [1.165, 1.54) is 49.6 Å². The van der Waals surface area contributed by atoms with E-state index >= 15 is 0 Å². The standard InChI is InChI=1S/C24H19Cl2NO7/c1-32-18-6-5-12(8-17(18)28)20-19(21(29)15-9-13(25)10-16(26)23(15)33-2)22(30)24(31)27(20)11-14-4-3-7-34-14/h3-10,20,28-29H,11H2,1-2H3/b21-19+. The van der Waals surface area contributed by atoms with Crippen LogP contribution in [-0.4, -0.2) is 41.0 Å². The maximum atomic E-state index is 13.2. The molecule has 3 aromatic rings. The first kappa shape index (κ1) is 23.5. The number of methoxy groups -OCH3 is 2. The van der Waals surface area contributed by atoms with E-state index < -0.39 is 23.5 Å². The lowest BCUT2D eigenvalue weighted by molar-refractivity contribution is -0.140. The average Bonchev–Trinajstić information content (AvgIpc) is 3.40. The summed E-state index contributed by atoms with van der Waals surface area (Å²) in [5.74, 6) is -1.80. The average molecular weight is 504 g/mol. The number of carbonyl (C=O) groups excluding carboxylic acids is 2. The van der Waals surface area contributed by atoms with Crippen LogP contribution in [0.1, 0.15) is 22.9 Å². The van der Waals surface area contributed by atoms with Gasteiger partial charge in [0.05, 0.1) is 49.2 Å². The van der Waals surface area contributed by atoms with Crippen LogP contribution in [-0.2, 0) is 16.1 Å². The normalized spacial score (nSPS) is 17.3. The van der Waals surface area contributed by atoms with Gasteiger partial charge in [0.2, 0.25) is 0 Å². The third kappa shape index (κ3) is 4.06. The second-order valence-corrected chi connectivity index (χ2v) is 8.25. The lowest BCUT2D eigenvalue weighted by atomic mass is 9.94. The largest absolute Gasteiger partial charge is 0.507 e. The molecule has 34 heavy (non-hydrogen) atoms. The number of furan rings is 1. The minimum Gasteiger partial charge on any atom is -0.507 e. The molecule has 1 fully saturated rings. The van der Waals surface area contributed by atoms with Gasteiger partial charge in [-0.3, -0.25) is 9.59 Å². The van der Waals surface area contributed by atoms with Crippen LogP contribution in [0.25, 0.3) is 5.76 Å². The molecule has 0 saturated carbocycles. The van der Waals surface area contributed by atoms with E-state index in [-0.39, 0.29) is 45.0 Å². The van der Waals surface area contributed by atoms with E-state index in [0.29, 0.717) is 11.3 Å². The van der Waals surface area contributed by atoms with Gasteiger partial charge in [0.1, 0.15) is 17.3 Å². The van der Waals surface area contributed by atoms with Gasteiger partial charge >= 0.3 is 0 Å². The Morgan fingerprint density at radius 3 is 2.50 bits per heavy atom. The highest BCUT2D eigenvalue weighted by Crippen LogP contribution is 2.45. The van der Waals surface area contributed by atoms with Crippen LogP contribution in [0.2, 0.25) is 10.0 Å². The summed E-state index contributed by atoms with van der Waals surface area (Å²) in [5, 5.41) is 21.9. The minimum absolute atomic E-state index is 0.0405. The summed E-state index contributed by atoms with van der Waals surface area (Å²) >= 11 is 12.3. The van der Waals surface area contributed by atoms with Gasteiger partial charge in [-0.1, -0.05) is 29.3 Å². The molecule has 0 bridgehead atoms. The van der Waals surface area contributed by atoms with E-state index in [2.05, 4.69) is 0 Å². The van der Waals surface area contributed by atoms with Crippen molar-refractivity contribution in [2.75, 3.05) is 14.2 Å². The monoisotopic (exact) mass is 503 g/mol. The van der Waals surface area contributed by atoms with Crippen molar-refractivity contribution in [2.24, 2.45) is 0 Å². The Labute approximate surface area is 204 Å². The Balaban J connectivity index is 1.95. The molecule has 1 amide bonds. The Morgan fingerprint density at radius 1 is 1.12 bits per heavy atom. The first-order valence-corrected chi connectivity index (χ1v) is 10.7. The molecule has 4 rings (SSSR count). The predicted molar refractivity (Wildman–Crippen MR) is 124 cm³/mol. The lowest BCUT2D eigenvalue weighted by Gasteiger charge is -2.25. The molecule has 0 radical (unpaired) electrons. The maximum Gasteiger partial charge on any atom is 0.296 e. The van der Waals surface area contributed by atoms with Crippen molar-refractivity contribution in [3.63, 3.8) is 0 Å². The van der Waals surface area contributed by atoms with Gasteiger partial charge in [0.25, 0.3) is 11.7 Å². The number of amides is 1. The summed E-state index contributed by atoms with van der Waals surface area (Å²) in [7, 11) is 2.74. The third-order valence-electron chi connectivity index (χ3n) is 5.43. The summed E-state index contributed by atoms with van der Waals surface area (Å²) in [6.45, 7) is -0.0563. The molecule has 2 N–H and O–H groups in total. The number of likely N-dealkylation sites (tertiary alicyclic amines) is 1. The van der Waals surface area contributed by atoms with Crippen molar-refractivity contribution in [1.29, 1.82) is 0 Å². The number of phenolic OH excluding ortho intramolecular Hbond substituents is 1. The molecule has 2 heterocycles. The molecular weight excluding hydrogens is 485 g/mol. The SMILES string of the molecule is COc1ccc(C2/C(=C(\O)c3cc(Cl)cc(Cl)c3OC)C(=O)C(=O)N2Cc2ccco2)cc1O. The van der Waals surface area contributed by atoms with Crippen LogP contribution in [0.5, 0.6) is 17.2 Å². The van der Waals surface area contributed by atoms with Crippen LogP contribution in [0, 0.1) is 0 Å². The number of halogens is 2. The highest BCUT2D eigenvalue weighted by Gasteiger charge is 2.47. The fourth-order valence-electron chi connectivity index (χ4n) is 3.93. The molecule has 1 unspecified atom stereocenters. The van der Waals surface area contributed by atoms with Gasteiger partial charge < -0.3 is 29.0 Å². The molecule has 10 heteroatoms. The molecular formula is C24H19Cl2NO7. The molecule has 1 atom stereocenters. The molecule has 176 valence electrons. The highest BCUT2D eigenvalue weighted by molar-refractivity contribution is 6.46. The number of phenols is 1. The number of rotatable bonds is 6. The highest BCUT2D eigenvalue weighted by atomic mass is 35.5. The Hall–Kier alpha value is -3.62. The summed E-state index contributed by atoms with van der Waals surface area (Å²) in [6.07, 6.45) is 1.44. The van der Waals surface area contributed by atoms with Crippen molar-refractivity contribution in [3.05, 3.63) is 81.2 Å². The van der Waals surface area contributed by atoms with Crippen molar-refractivity contribution < 1.29 is 33.7 Å². The van der Waals surface area contributed by atoms with E-state index in [0.717, 1.165) is 0 Å².